The Bertz CT molecular complexity index is 678. The van der Waals surface area contributed by atoms with Crippen LogP contribution in [0.2, 0.25) is 0 Å². The van der Waals surface area contributed by atoms with Gasteiger partial charge in [-0.2, -0.15) is 0 Å². The van der Waals surface area contributed by atoms with E-state index in [4.69, 9.17) is 10.5 Å². The summed E-state index contributed by atoms with van der Waals surface area (Å²) in [5.74, 6) is 0.728. The molecular weight excluding hydrogens is 264 g/mol. The van der Waals surface area contributed by atoms with Crippen LogP contribution >= 0.6 is 0 Å². The van der Waals surface area contributed by atoms with Crippen LogP contribution in [0, 0.1) is 6.92 Å². The molecule has 2 N–H and O–H groups in total. The topological polar surface area (TPSA) is 55.6 Å². The Morgan fingerprint density at radius 3 is 2.24 bits per heavy atom. The molecular formula is C17H20N2O2. The lowest BCUT2D eigenvalue weighted by molar-refractivity contribution is 0.103. The van der Waals surface area contributed by atoms with Gasteiger partial charge in [-0.15, -0.1) is 0 Å². The average Bonchev–Trinajstić information content (AvgIpc) is 2.45. The van der Waals surface area contributed by atoms with Gasteiger partial charge in [0.05, 0.1) is 18.5 Å². The van der Waals surface area contributed by atoms with Gasteiger partial charge in [0, 0.05) is 25.2 Å². The van der Waals surface area contributed by atoms with E-state index in [-0.39, 0.29) is 5.78 Å². The molecule has 2 aromatic carbocycles. The second-order valence-corrected chi connectivity index (χ2v) is 5.18. The number of nitrogen functional groups attached to an aromatic ring is 1. The van der Waals surface area contributed by atoms with Gasteiger partial charge in [0.2, 0.25) is 0 Å². The third-order valence-electron chi connectivity index (χ3n) is 3.43. The highest BCUT2D eigenvalue weighted by Gasteiger charge is 2.13. The van der Waals surface area contributed by atoms with Crippen LogP contribution in [0.3, 0.4) is 0 Å². The Kier molecular flexibility index (Phi) is 4.17. The lowest BCUT2D eigenvalue weighted by atomic mass is 10.0. The Balaban J connectivity index is 2.36. The predicted octanol–water partition coefficient (Wildman–Crippen LogP) is 2.88. The molecule has 0 fully saturated rings. The molecule has 0 aliphatic rings. The van der Waals surface area contributed by atoms with Crippen molar-refractivity contribution in [2.45, 2.75) is 6.92 Å². The molecule has 0 heterocycles. The fourth-order valence-corrected chi connectivity index (χ4v) is 2.29. The minimum Gasteiger partial charge on any atom is -0.496 e. The van der Waals surface area contributed by atoms with Gasteiger partial charge in [-0.05, 0) is 48.9 Å². The molecule has 4 heteroatoms. The van der Waals surface area contributed by atoms with Crippen LogP contribution in [-0.4, -0.2) is 27.0 Å². The summed E-state index contributed by atoms with van der Waals surface area (Å²) in [4.78, 5) is 14.4. The van der Waals surface area contributed by atoms with Crippen LogP contribution in [-0.2, 0) is 0 Å². The van der Waals surface area contributed by atoms with E-state index in [9.17, 15) is 4.79 Å². The van der Waals surface area contributed by atoms with Crippen molar-refractivity contribution in [2.24, 2.45) is 0 Å². The Morgan fingerprint density at radius 1 is 1.10 bits per heavy atom. The summed E-state index contributed by atoms with van der Waals surface area (Å²) in [6.45, 7) is 1.92. The molecule has 0 radical (unpaired) electrons. The lowest BCUT2D eigenvalue weighted by Crippen LogP contribution is -2.12. The second-order valence-electron chi connectivity index (χ2n) is 5.18. The number of carbonyl (C=O) groups excluding carboxylic acids is 1. The molecule has 0 spiro atoms. The van der Waals surface area contributed by atoms with Crippen LogP contribution in [0.4, 0.5) is 11.4 Å². The van der Waals surface area contributed by atoms with Crippen molar-refractivity contribution < 1.29 is 9.53 Å². The number of ether oxygens (including phenoxy) is 1. The summed E-state index contributed by atoms with van der Waals surface area (Å²) in [5, 5.41) is 0. The Hall–Kier alpha value is -2.49. The average molecular weight is 284 g/mol. The molecule has 0 unspecified atom stereocenters. The largest absolute Gasteiger partial charge is 0.496 e. The van der Waals surface area contributed by atoms with Crippen molar-refractivity contribution in [1.29, 1.82) is 0 Å². The smallest absolute Gasteiger partial charge is 0.193 e. The van der Waals surface area contributed by atoms with E-state index in [1.807, 2.05) is 38.1 Å². The quantitative estimate of drug-likeness (QED) is 0.693. The molecule has 110 valence electrons. The zero-order valence-electron chi connectivity index (χ0n) is 12.8. The molecule has 0 aliphatic heterocycles. The van der Waals surface area contributed by atoms with Crippen LogP contribution in [0.25, 0.3) is 0 Å². The van der Waals surface area contributed by atoms with Crippen LogP contribution in [0.1, 0.15) is 21.5 Å². The molecule has 21 heavy (non-hydrogen) atoms. The summed E-state index contributed by atoms with van der Waals surface area (Å²) in [7, 11) is 5.45. The maximum Gasteiger partial charge on any atom is 0.193 e. The highest BCUT2D eigenvalue weighted by molar-refractivity contribution is 6.10. The first kappa shape index (κ1) is 14.9. The minimum atomic E-state index is -0.0437. The van der Waals surface area contributed by atoms with Crippen molar-refractivity contribution in [3.63, 3.8) is 0 Å². The summed E-state index contributed by atoms with van der Waals surface area (Å²) < 4.78 is 5.21. The number of rotatable bonds is 4. The molecule has 0 atom stereocenters. The molecule has 2 aromatic rings. The molecule has 0 aliphatic carbocycles. The fraction of sp³-hybridized carbons (Fsp3) is 0.235. The van der Waals surface area contributed by atoms with Crippen LogP contribution in [0.5, 0.6) is 5.75 Å². The number of aryl methyl sites for hydroxylation is 1. The number of benzene rings is 2. The third kappa shape index (κ3) is 2.99. The van der Waals surface area contributed by atoms with E-state index in [2.05, 4.69) is 0 Å². The Morgan fingerprint density at radius 2 is 1.71 bits per heavy atom. The number of nitrogens with two attached hydrogens (primary N) is 1. The first-order chi connectivity index (χ1) is 9.93. The molecule has 4 nitrogen and oxygen atoms in total. The third-order valence-corrected chi connectivity index (χ3v) is 3.43. The SMILES string of the molecule is COc1ccc(C(=O)c2ccc(N(C)C)c(N)c2)cc1C. The molecule has 2 rings (SSSR count). The van der Waals surface area contributed by atoms with Crippen molar-refractivity contribution in [1.82, 2.24) is 0 Å². The van der Waals surface area contributed by atoms with Crippen molar-refractivity contribution >= 4 is 17.2 Å². The van der Waals surface area contributed by atoms with Crippen molar-refractivity contribution in [3.8, 4) is 5.75 Å². The minimum absolute atomic E-state index is 0.0437. The summed E-state index contributed by atoms with van der Waals surface area (Å²) in [5.41, 5.74) is 9.64. The standard InChI is InChI=1S/C17H20N2O2/c1-11-9-12(6-8-16(11)21-4)17(20)13-5-7-15(19(2)3)14(18)10-13/h5-10H,18H2,1-4H3. The van der Waals surface area contributed by atoms with Gasteiger partial charge in [0.1, 0.15) is 5.75 Å². The van der Waals surface area contributed by atoms with Crippen molar-refractivity contribution in [2.75, 3.05) is 31.8 Å². The second kappa shape index (κ2) is 5.87. The van der Waals surface area contributed by atoms with E-state index in [0.717, 1.165) is 17.0 Å². The van der Waals surface area contributed by atoms with E-state index >= 15 is 0 Å². The summed E-state index contributed by atoms with van der Waals surface area (Å²) in [6, 6.07) is 10.8. The van der Waals surface area contributed by atoms with E-state index < -0.39 is 0 Å². The van der Waals surface area contributed by atoms with E-state index in [0.29, 0.717) is 16.8 Å². The van der Waals surface area contributed by atoms with Gasteiger partial charge < -0.3 is 15.4 Å². The van der Waals surface area contributed by atoms with Gasteiger partial charge in [0.25, 0.3) is 0 Å². The number of anilines is 2. The monoisotopic (exact) mass is 284 g/mol. The highest BCUT2D eigenvalue weighted by Crippen LogP contribution is 2.25. The maximum absolute atomic E-state index is 12.5. The van der Waals surface area contributed by atoms with E-state index in [1.54, 1.807) is 31.4 Å². The molecule has 0 saturated carbocycles. The number of carbonyl (C=O) groups is 1. The van der Waals surface area contributed by atoms with Crippen LogP contribution in [0.15, 0.2) is 36.4 Å². The van der Waals surface area contributed by atoms with Crippen molar-refractivity contribution in [3.05, 3.63) is 53.1 Å². The highest BCUT2D eigenvalue weighted by atomic mass is 16.5. The normalized spacial score (nSPS) is 10.3. The number of ketones is 1. The fourth-order valence-electron chi connectivity index (χ4n) is 2.29. The zero-order valence-corrected chi connectivity index (χ0v) is 12.8. The number of methoxy groups -OCH3 is 1. The predicted molar refractivity (Wildman–Crippen MR) is 86.3 cm³/mol. The number of nitrogens with zero attached hydrogens (tertiary/aromatic N) is 1. The first-order valence-electron chi connectivity index (χ1n) is 6.70. The molecule has 0 amide bonds. The van der Waals surface area contributed by atoms with Gasteiger partial charge in [-0.25, -0.2) is 0 Å². The molecule has 0 bridgehead atoms. The summed E-state index contributed by atoms with van der Waals surface area (Å²) in [6.07, 6.45) is 0. The Labute approximate surface area is 125 Å². The molecule has 0 saturated heterocycles. The van der Waals surface area contributed by atoms with E-state index in [1.165, 1.54) is 0 Å². The van der Waals surface area contributed by atoms with Gasteiger partial charge in [0.15, 0.2) is 5.78 Å². The van der Waals surface area contributed by atoms with Gasteiger partial charge in [-0.1, -0.05) is 0 Å². The van der Waals surface area contributed by atoms with Gasteiger partial charge in [-0.3, -0.25) is 4.79 Å². The zero-order chi connectivity index (χ0) is 15.6. The number of hydrogen-bond acceptors (Lipinski definition) is 4. The first-order valence-corrected chi connectivity index (χ1v) is 6.70. The molecule has 0 aromatic heterocycles. The van der Waals surface area contributed by atoms with Gasteiger partial charge >= 0.3 is 0 Å². The lowest BCUT2D eigenvalue weighted by Gasteiger charge is -2.16. The summed E-state index contributed by atoms with van der Waals surface area (Å²) >= 11 is 0. The number of hydrogen-bond donors (Lipinski definition) is 1. The van der Waals surface area contributed by atoms with Crippen LogP contribution < -0.4 is 15.4 Å². The maximum atomic E-state index is 12.5.